The zero-order chi connectivity index (χ0) is 23.3. The Morgan fingerprint density at radius 1 is 0.875 bits per heavy atom. The molecule has 0 unspecified atom stereocenters. The van der Waals surface area contributed by atoms with Crippen molar-refractivity contribution in [3.63, 3.8) is 0 Å². The van der Waals surface area contributed by atoms with Crippen LogP contribution in [0.2, 0.25) is 0 Å². The fraction of sp³-hybridized carbons (Fsp3) is 0.304. The predicted octanol–water partition coefficient (Wildman–Crippen LogP) is 4.17. The average Bonchev–Trinajstić information content (AvgIpc) is 3.08. The van der Waals surface area contributed by atoms with Crippen LogP contribution in [0.15, 0.2) is 35.2 Å². The summed E-state index contributed by atoms with van der Waals surface area (Å²) >= 11 is 6.74. The highest BCUT2D eigenvalue weighted by molar-refractivity contribution is 8.26. The lowest BCUT2D eigenvalue weighted by Gasteiger charge is -2.15. The van der Waals surface area contributed by atoms with E-state index in [4.69, 9.17) is 35.9 Å². The molecule has 1 aliphatic rings. The van der Waals surface area contributed by atoms with E-state index in [0.29, 0.717) is 56.5 Å². The summed E-state index contributed by atoms with van der Waals surface area (Å²) in [7, 11) is 7.83. The van der Waals surface area contributed by atoms with E-state index in [1.165, 1.54) is 18.9 Å². The molecule has 0 atom stereocenters. The maximum absolute atomic E-state index is 13.1. The van der Waals surface area contributed by atoms with Gasteiger partial charge in [-0.25, -0.2) is 0 Å². The molecule has 0 bridgehead atoms. The fourth-order valence-electron chi connectivity index (χ4n) is 3.35. The van der Waals surface area contributed by atoms with Crippen LogP contribution < -0.4 is 23.7 Å². The van der Waals surface area contributed by atoms with Crippen molar-refractivity contribution < 1.29 is 28.5 Å². The Kier molecular flexibility index (Phi) is 7.87. The molecule has 32 heavy (non-hydrogen) atoms. The van der Waals surface area contributed by atoms with Crippen LogP contribution in [0.3, 0.4) is 0 Å². The van der Waals surface area contributed by atoms with Gasteiger partial charge in [-0.15, -0.1) is 0 Å². The summed E-state index contributed by atoms with van der Waals surface area (Å²) in [5.41, 5.74) is 1.72. The topological polar surface area (TPSA) is 66.5 Å². The molecule has 3 rings (SSSR count). The normalized spacial score (nSPS) is 14.7. The zero-order valence-corrected chi connectivity index (χ0v) is 20.2. The van der Waals surface area contributed by atoms with Crippen molar-refractivity contribution in [2.45, 2.75) is 6.42 Å². The number of rotatable bonds is 9. The van der Waals surface area contributed by atoms with Gasteiger partial charge in [0.15, 0.2) is 23.0 Å². The van der Waals surface area contributed by atoms with Gasteiger partial charge in [-0.2, -0.15) is 0 Å². The van der Waals surface area contributed by atoms with E-state index >= 15 is 0 Å². The molecule has 0 radical (unpaired) electrons. The van der Waals surface area contributed by atoms with Gasteiger partial charge >= 0.3 is 0 Å². The number of ether oxygens (including phenoxy) is 5. The molecule has 1 amide bonds. The number of thioether (sulfide) groups is 1. The summed E-state index contributed by atoms with van der Waals surface area (Å²) in [6, 6.07) is 9.28. The van der Waals surface area contributed by atoms with Gasteiger partial charge in [0.25, 0.3) is 5.91 Å². The number of benzene rings is 2. The molecule has 0 N–H and O–H groups in total. The lowest BCUT2D eigenvalue weighted by Crippen LogP contribution is -2.30. The predicted molar refractivity (Wildman–Crippen MR) is 129 cm³/mol. The van der Waals surface area contributed by atoms with E-state index in [2.05, 4.69) is 0 Å². The smallest absolute Gasteiger partial charge is 0.266 e. The molecule has 2 aromatic rings. The second kappa shape index (κ2) is 10.6. The number of carbonyl (C=O) groups excluding carboxylic acids is 1. The number of methoxy groups -OCH3 is 5. The van der Waals surface area contributed by atoms with E-state index in [1.807, 2.05) is 24.3 Å². The van der Waals surface area contributed by atoms with E-state index in [9.17, 15) is 4.79 Å². The minimum absolute atomic E-state index is 0.141. The first-order chi connectivity index (χ1) is 15.5. The van der Waals surface area contributed by atoms with Gasteiger partial charge in [0.1, 0.15) is 4.32 Å². The molecule has 7 nitrogen and oxygen atoms in total. The third-order valence-electron chi connectivity index (χ3n) is 4.97. The second-order valence-electron chi connectivity index (χ2n) is 6.70. The quantitative estimate of drug-likeness (QED) is 0.395. The minimum atomic E-state index is -0.141. The van der Waals surface area contributed by atoms with E-state index < -0.39 is 0 Å². The maximum Gasteiger partial charge on any atom is 0.266 e. The number of carbonyl (C=O) groups is 1. The number of thiocarbonyl (C=S) groups is 1. The Balaban J connectivity index is 1.80. The van der Waals surface area contributed by atoms with Gasteiger partial charge in [0, 0.05) is 12.1 Å². The molecular weight excluding hydrogens is 450 g/mol. The van der Waals surface area contributed by atoms with Crippen molar-refractivity contribution in [3.05, 3.63) is 46.4 Å². The van der Waals surface area contributed by atoms with Crippen molar-refractivity contribution in [2.24, 2.45) is 0 Å². The van der Waals surface area contributed by atoms with Crippen LogP contribution in [-0.2, 0) is 11.2 Å². The molecule has 0 aromatic heterocycles. The molecule has 0 spiro atoms. The molecule has 9 heteroatoms. The van der Waals surface area contributed by atoms with Crippen LogP contribution in [0.1, 0.15) is 11.1 Å². The second-order valence-corrected chi connectivity index (χ2v) is 8.37. The van der Waals surface area contributed by atoms with E-state index in [-0.39, 0.29) is 5.91 Å². The molecule has 1 heterocycles. The van der Waals surface area contributed by atoms with Gasteiger partial charge in [-0.05, 0) is 42.3 Å². The molecule has 1 aliphatic heterocycles. The number of hydrogen-bond donors (Lipinski definition) is 0. The largest absolute Gasteiger partial charge is 0.493 e. The van der Waals surface area contributed by atoms with Gasteiger partial charge in [0.05, 0.1) is 40.5 Å². The third kappa shape index (κ3) is 4.78. The molecule has 2 aromatic carbocycles. The monoisotopic (exact) mass is 475 g/mol. The zero-order valence-electron chi connectivity index (χ0n) is 18.6. The van der Waals surface area contributed by atoms with E-state index in [1.54, 1.807) is 45.5 Å². The summed E-state index contributed by atoms with van der Waals surface area (Å²) in [4.78, 5) is 15.2. The van der Waals surface area contributed by atoms with Gasteiger partial charge < -0.3 is 23.7 Å². The first-order valence-electron chi connectivity index (χ1n) is 9.72. The Morgan fingerprint density at radius 3 is 2.16 bits per heavy atom. The Bertz CT molecular complexity index is 1050. The highest BCUT2D eigenvalue weighted by Crippen LogP contribution is 2.42. The van der Waals surface area contributed by atoms with Gasteiger partial charge in [-0.1, -0.05) is 30.0 Å². The number of nitrogens with zero attached hydrogens (tertiary/aromatic N) is 1. The van der Waals surface area contributed by atoms with Gasteiger partial charge in [-0.3, -0.25) is 9.69 Å². The fourth-order valence-corrected chi connectivity index (χ4v) is 4.65. The molecule has 1 saturated heterocycles. The van der Waals surface area contributed by atoms with Crippen molar-refractivity contribution in [3.8, 4) is 28.7 Å². The SMILES string of the molecule is COc1ccc(CCN2C(=O)/C(=C/c3ccc(OC)c(OC)c3OC)SC2=S)cc1OC. The molecular formula is C23H25NO6S2. The summed E-state index contributed by atoms with van der Waals surface area (Å²) in [5.74, 6) is 2.67. The Morgan fingerprint density at radius 2 is 1.53 bits per heavy atom. The number of hydrogen-bond acceptors (Lipinski definition) is 8. The minimum Gasteiger partial charge on any atom is -0.493 e. The third-order valence-corrected chi connectivity index (χ3v) is 6.34. The first-order valence-corrected chi connectivity index (χ1v) is 10.9. The average molecular weight is 476 g/mol. The van der Waals surface area contributed by atoms with E-state index in [0.717, 1.165) is 5.56 Å². The van der Waals surface area contributed by atoms with Crippen LogP contribution in [-0.4, -0.2) is 57.2 Å². The lowest BCUT2D eigenvalue weighted by molar-refractivity contribution is -0.122. The van der Waals surface area contributed by atoms with Crippen molar-refractivity contribution in [1.82, 2.24) is 4.90 Å². The Hall–Kier alpha value is -2.91. The van der Waals surface area contributed by atoms with Crippen LogP contribution in [0.25, 0.3) is 6.08 Å². The Labute approximate surface area is 197 Å². The van der Waals surface area contributed by atoms with Gasteiger partial charge in [0.2, 0.25) is 5.75 Å². The first kappa shape index (κ1) is 23.7. The molecule has 0 aliphatic carbocycles. The van der Waals surface area contributed by atoms with Crippen LogP contribution >= 0.6 is 24.0 Å². The van der Waals surface area contributed by atoms with Crippen molar-refractivity contribution in [1.29, 1.82) is 0 Å². The standard InChI is InChI=1S/C23H25NO6S2/c1-26-16-8-6-14(12-18(16)28-3)10-11-24-22(25)19(32-23(24)31)13-15-7-9-17(27-2)21(30-5)20(15)29-4/h6-9,12-13H,10-11H2,1-5H3/b19-13-. The maximum atomic E-state index is 13.1. The van der Waals surface area contributed by atoms with Crippen LogP contribution in [0, 0.1) is 0 Å². The summed E-state index contributed by atoms with van der Waals surface area (Å²) < 4.78 is 27.4. The molecule has 170 valence electrons. The van der Waals surface area contributed by atoms with Crippen molar-refractivity contribution in [2.75, 3.05) is 42.1 Å². The van der Waals surface area contributed by atoms with Crippen LogP contribution in [0.4, 0.5) is 0 Å². The summed E-state index contributed by atoms with van der Waals surface area (Å²) in [5, 5.41) is 0. The number of amides is 1. The molecule has 1 fully saturated rings. The van der Waals surface area contributed by atoms with Crippen LogP contribution in [0.5, 0.6) is 28.7 Å². The highest BCUT2D eigenvalue weighted by Gasteiger charge is 2.32. The summed E-state index contributed by atoms with van der Waals surface area (Å²) in [6.07, 6.45) is 2.39. The lowest BCUT2D eigenvalue weighted by atomic mass is 10.1. The highest BCUT2D eigenvalue weighted by atomic mass is 32.2. The van der Waals surface area contributed by atoms with Crippen molar-refractivity contribution >= 4 is 40.3 Å². The summed E-state index contributed by atoms with van der Waals surface area (Å²) in [6.45, 7) is 0.459. The molecule has 0 saturated carbocycles.